The van der Waals surface area contributed by atoms with E-state index < -0.39 is 0 Å². The number of hydrazone groups is 1. The summed E-state index contributed by atoms with van der Waals surface area (Å²) in [7, 11) is 0. The summed E-state index contributed by atoms with van der Waals surface area (Å²) < 4.78 is 0. The van der Waals surface area contributed by atoms with E-state index in [0.29, 0.717) is 5.92 Å². The number of hydrogen-bond acceptors (Lipinski definition) is 2. The fourth-order valence-corrected chi connectivity index (χ4v) is 4.00. The predicted molar refractivity (Wildman–Crippen MR) is 113 cm³/mol. The number of anilines is 1. The summed E-state index contributed by atoms with van der Waals surface area (Å²) >= 11 is 0. The predicted octanol–water partition coefficient (Wildman–Crippen LogP) is 6.44. The van der Waals surface area contributed by atoms with Crippen LogP contribution in [0.3, 0.4) is 0 Å². The van der Waals surface area contributed by atoms with Gasteiger partial charge in [-0.05, 0) is 63.8 Å². The SMILES string of the molecule is CC1=CC(C)=C(C)C1c1ccccc1C=NNc1c(C)cc(C)cc1C. The highest BCUT2D eigenvalue weighted by atomic mass is 15.3. The minimum atomic E-state index is 0.362. The molecule has 2 aromatic carbocycles. The summed E-state index contributed by atoms with van der Waals surface area (Å²) in [6.07, 6.45) is 4.24. The molecule has 0 amide bonds. The first-order chi connectivity index (χ1) is 12.4. The lowest BCUT2D eigenvalue weighted by Gasteiger charge is -2.18. The van der Waals surface area contributed by atoms with Gasteiger partial charge >= 0.3 is 0 Å². The average Bonchev–Trinajstić information content (AvgIpc) is 2.83. The highest BCUT2D eigenvalue weighted by Crippen LogP contribution is 2.40. The van der Waals surface area contributed by atoms with Gasteiger partial charge in [0.25, 0.3) is 0 Å². The Labute approximate surface area is 157 Å². The molecule has 1 aliphatic carbocycles. The summed E-state index contributed by atoms with van der Waals surface area (Å²) in [5.74, 6) is 0.362. The van der Waals surface area contributed by atoms with Crippen LogP contribution in [-0.2, 0) is 0 Å². The van der Waals surface area contributed by atoms with Crippen LogP contribution in [0.5, 0.6) is 0 Å². The fourth-order valence-electron chi connectivity index (χ4n) is 4.00. The van der Waals surface area contributed by atoms with E-state index in [2.05, 4.69) is 94.5 Å². The lowest BCUT2D eigenvalue weighted by molar-refractivity contribution is 0.936. The van der Waals surface area contributed by atoms with Gasteiger partial charge in [0, 0.05) is 5.92 Å². The summed E-state index contributed by atoms with van der Waals surface area (Å²) in [4.78, 5) is 0. The second kappa shape index (κ2) is 7.33. The molecule has 0 fully saturated rings. The zero-order valence-electron chi connectivity index (χ0n) is 16.6. The van der Waals surface area contributed by atoms with Gasteiger partial charge < -0.3 is 0 Å². The summed E-state index contributed by atoms with van der Waals surface area (Å²) in [6, 6.07) is 12.9. The van der Waals surface area contributed by atoms with Crippen LogP contribution in [-0.4, -0.2) is 6.21 Å². The molecule has 0 bridgehead atoms. The minimum absolute atomic E-state index is 0.362. The summed E-state index contributed by atoms with van der Waals surface area (Å²) in [5, 5.41) is 4.55. The quantitative estimate of drug-likeness (QED) is 0.501. The zero-order valence-corrected chi connectivity index (χ0v) is 16.6. The maximum absolute atomic E-state index is 4.55. The van der Waals surface area contributed by atoms with Gasteiger partial charge in [-0.2, -0.15) is 5.10 Å². The van der Waals surface area contributed by atoms with Crippen LogP contribution in [0.25, 0.3) is 0 Å². The van der Waals surface area contributed by atoms with Crippen LogP contribution in [0.1, 0.15) is 54.5 Å². The van der Waals surface area contributed by atoms with Gasteiger partial charge in [0.15, 0.2) is 0 Å². The maximum atomic E-state index is 4.55. The van der Waals surface area contributed by atoms with Gasteiger partial charge in [-0.25, -0.2) is 0 Å². The topological polar surface area (TPSA) is 24.4 Å². The molecule has 0 radical (unpaired) electrons. The van der Waals surface area contributed by atoms with E-state index in [1.54, 1.807) is 0 Å². The second-order valence-corrected chi connectivity index (χ2v) is 7.46. The Kier molecular flexibility index (Phi) is 5.13. The van der Waals surface area contributed by atoms with Crippen LogP contribution < -0.4 is 5.43 Å². The molecule has 1 unspecified atom stereocenters. The van der Waals surface area contributed by atoms with Crippen molar-refractivity contribution >= 4 is 11.9 Å². The van der Waals surface area contributed by atoms with Crippen molar-refractivity contribution in [1.82, 2.24) is 0 Å². The first kappa shape index (κ1) is 18.2. The lowest BCUT2D eigenvalue weighted by Crippen LogP contribution is -2.04. The first-order valence-electron chi connectivity index (χ1n) is 9.20. The van der Waals surface area contributed by atoms with Crippen molar-refractivity contribution in [3.05, 3.63) is 87.0 Å². The van der Waals surface area contributed by atoms with Gasteiger partial charge in [-0.3, -0.25) is 5.43 Å². The molecule has 1 aliphatic rings. The Hall–Kier alpha value is -2.61. The summed E-state index contributed by atoms with van der Waals surface area (Å²) in [6.45, 7) is 13.0. The molecule has 0 heterocycles. The third-order valence-corrected chi connectivity index (χ3v) is 5.32. The molecule has 0 saturated heterocycles. The minimum Gasteiger partial charge on any atom is -0.278 e. The highest BCUT2D eigenvalue weighted by Gasteiger charge is 2.23. The average molecular weight is 345 g/mol. The van der Waals surface area contributed by atoms with Gasteiger partial charge in [-0.15, -0.1) is 0 Å². The van der Waals surface area contributed by atoms with Crippen molar-refractivity contribution in [3.8, 4) is 0 Å². The van der Waals surface area contributed by atoms with Crippen LogP contribution in [0.15, 0.2) is 64.3 Å². The second-order valence-electron chi connectivity index (χ2n) is 7.46. The van der Waals surface area contributed by atoms with Gasteiger partial charge in [-0.1, -0.05) is 64.8 Å². The number of allylic oxidation sites excluding steroid dienone is 4. The zero-order chi connectivity index (χ0) is 18.8. The molecule has 1 N–H and O–H groups in total. The van der Waals surface area contributed by atoms with E-state index in [1.807, 2.05) is 6.21 Å². The Balaban J connectivity index is 1.89. The van der Waals surface area contributed by atoms with Crippen molar-refractivity contribution < 1.29 is 0 Å². The van der Waals surface area contributed by atoms with E-state index in [9.17, 15) is 0 Å². The first-order valence-corrected chi connectivity index (χ1v) is 9.20. The molecule has 0 aromatic heterocycles. The van der Waals surface area contributed by atoms with E-state index in [0.717, 1.165) is 11.3 Å². The molecule has 134 valence electrons. The molecule has 2 nitrogen and oxygen atoms in total. The van der Waals surface area contributed by atoms with Gasteiger partial charge in [0.05, 0.1) is 11.9 Å². The third kappa shape index (κ3) is 3.50. The fraction of sp³-hybridized carbons (Fsp3) is 0.292. The van der Waals surface area contributed by atoms with E-state index in [4.69, 9.17) is 0 Å². The van der Waals surface area contributed by atoms with Crippen molar-refractivity contribution in [1.29, 1.82) is 0 Å². The highest BCUT2D eigenvalue weighted by molar-refractivity contribution is 5.83. The van der Waals surface area contributed by atoms with Crippen LogP contribution in [0.2, 0.25) is 0 Å². The lowest BCUT2D eigenvalue weighted by atomic mass is 9.86. The molecule has 2 aromatic rings. The standard InChI is InChI=1S/C24H28N2/c1-15-11-18(4)24(19(5)12-15)26-25-14-21-9-7-8-10-22(21)23-17(3)13-16(2)20(23)6/h7-14,23,26H,1-6H3. The Morgan fingerprint density at radius 2 is 1.58 bits per heavy atom. The van der Waals surface area contributed by atoms with E-state index >= 15 is 0 Å². The Morgan fingerprint density at radius 1 is 0.923 bits per heavy atom. The molecule has 0 spiro atoms. The number of nitrogens with zero attached hydrogens (tertiary/aromatic N) is 1. The van der Waals surface area contributed by atoms with Crippen LogP contribution in [0.4, 0.5) is 5.69 Å². The Bertz CT molecular complexity index is 906. The van der Waals surface area contributed by atoms with Crippen molar-refractivity contribution in [2.24, 2.45) is 5.10 Å². The van der Waals surface area contributed by atoms with Crippen molar-refractivity contribution in [3.63, 3.8) is 0 Å². The van der Waals surface area contributed by atoms with Gasteiger partial charge in [0.1, 0.15) is 0 Å². The number of nitrogens with one attached hydrogen (secondary N) is 1. The van der Waals surface area contributed by atoms with E-state index in [1.165, 1.54) is 39.0 Å². The number of hydrogen-bond donors (Lipinski definition) is 1. The normalized spacial score (nSPS) is 17.2. The molecule has 1 atom stereocenters. The molecular weight excluding hydrogens is 316 g/mol. The van der Waals surface area contributed by atoms with Crippen molar-refractivity contribution in [2.45, 2.75) is 47.5 Å². The van der Waals surface area contributed by atoms with Crippen LogP contribution >= 0.6 is 0 Å². The smallest absolute Gasteiger partial charge is 0.0620 e. The maximum Gasteiger partial charge on any atom is 0.0620 e. The Morgan fingerprint density at radius 3 is 2.19 bits per heavy atom. The largest absolute Gasteiger partial charge is 0.278 e. The summed E-state index contributed by atoms with van der Waals surface area (Å²) in [5.41, 5.74) is 14.7. The molecule has 3 rings (SSSR count). The van der Waals surface area contributed by atoms with Crippen LogP contribution in [0, 0.1) is 20.8 Å². The van der Waals surface area contributed by atoms with Gasteiger partial charge in [0.2, 0.25) is 0 Å². The number of rotatable bonds is 4. The molecule has 2 heteroatoms. The third-order valence-electron chi connectivity index (χ3n) is 5.32. The number of aryl methyl sites for hydroxylation is 3. The molecular formula is C24H28N2. The number of benzene rings is 2. The molecule has 0 aliphatic heterocycles. The molecule has 26 heavy (non-hydrogen) atoms. The van der Waals surface area contributed by atoms with Crippen molar-refractivity contribution in [2.75, 3.05) is 5.43 Å². The molecule has 0 saturated carbocycles. The van der Waals surface area contributed by atoms with E-state index in [-0.39, 0.29) is 0 Å². The monoisotopic (exact) mass is 344 g/mol.